The number of para-hydroxylation sites is 1. The summed E-state index contributed by atoms with van der Waals surface area (Å²) < 4.78 is 5.49. The Morgan fingerprint density at radius 1 is 1.15 bits per heavy atom. The highest BCUT2D eigenvalue weighted by molar-refractivity contribution is 5.79. The Morgan fingerprint density at radius 2 is 2.00 bits per heavy atom. The van der Waals surface area contributed by atoms with Gasteiger partial charge in [0, 0.05) is 31.9 Å². The molecule has 5 nitrogen and oxygen atoms in total. The Bertz CT molecular complexity index is 635. The van der Waals surface area contributed by atoms with Gasteiger partial charge in [-0.25, -0.2) is 4.99 Å². The van der Waals surface area contributed by atoms with Gasteiger partial charge in [-0.1, -0.05) is 29.8 Å². The molecule has 27 heavy (non-hydrogen) atoms. The number of nitrogens with one attached hydrogen (secondary N) is 2. The van der Waals surface area contributed by atoms with Crippen LogP contribution in [0.15, 0.2) is 40.9 Å². The maximum atomic E-state index is 5.49. The first kappa shape index (κ1) is 19.7. The van der Waals surface area contributed by atoms with E-state index in [0.29, 0.717) is 6.54 Å². The molecule has 1 fully saturated rings. The highest BCUT2D eigenvalue weighted by Gasteiger charge is 2.14. The van der Waals surface area contributed by atoms with E-state index in [0.717, 1.165) is 51.8 Å². The second kappa shape index (κ2) is 11.0. The van der Waals surface area contributed by atoms with Crippen molar-refractivity contribution in [3.8, 4) is 0 Å². The molecule has 0 radical (unpaired) electrons. The lowest BCUT2D eigenvalue weighted by molar-refractivity contribution is 0.122. The Balaban J connectivity index is 1.58. The predicted molar refractivity (Wildman–Crippen MR) is 113 cm³/mol. The molecule has 3 rings (SSSR count). The van der Waals surface area contributed by atoms with E-state index >= 15 is 0 Å². The van der Waals surface area contributed by atoms with E-state index in [1.54, 1.807) is 5.57 Å². The number of hydrogen-bond acceptors (Lipinski definition) is 3. The van der Waals surface area contributed by atoms with Crippen molar-refractivity contribution in [2.24, 2.45) is 4.99 Å². The molecule has 5 heteroatoms. The normalized spacial score (nSPS) is 18.2. The summed E-state index contributed by atoms with van der Waals surface area (Å²) in [5.41, 5.74) is 4.15. The molecule has 0 saturated carbocycles. The molecule has 0 unspecified atom stereocenters. The summed E-state index contributed by atoms with van der Waals surface area (Å²) in [4.78, 5) is 7.25. The smallest absolute Gasteiger partial charge is 0.191 e. The zero-order chi connectivity index (χ0) is 18.7. The van der Waals surface area contributed by atoms with Crippen molar-refractivity contribution in [2.75, 3.05) is 44.3 Å². The van der Waals surface area contributed by atoms with Crippen LogP contribution in [0.25, 0.3) is 0 Å². The van der Waals surface area contributed by atoms with Gasteiger partial charge in [0.05, 0.1) is 19.8 Å². The van der Waals surface area contributed by atoms with Crippen LogP contribution in [0.5, 0.6) is 0 Å². The third kappa shape index (κ3) is 6.28. The van der Waals surface area contributed by atoms with Crippen LogP contribution in [0.1, 0.15) is 44.6 Å². The van der Waals surface area contributed by atoms with E-state index in [2.05, 4.69) is 52.8 Å². The third-order valence-electron chi connectivity index (χ3n) is 5.22. The van der Waals surface area contributed by atoms with E-state index in [4.69, 9.17) is 9.73 Å². The maximum Gasteiger partial charge on any atom is 0.191 e. The van der Waals surface area contributed by atoms with Gasteiger partial charge < -0.3 is 20.3 Å². The van der Waals surface area contributed by atoms with Crippen molar-refractivity contribution in [2.45, 2.75) is 45.6 Å². The summed E-state index contributed by atoms with van der Waals surface area (Å²) in [7, 11) is 0. The molecule has 1 heterocycles. The molecule has 1 aliphatic carbocycles. The fourth-order valence-electron chi connectivity index (χ4n) is 3.74. The first-order valence-electron chi connectivity index (χ1n) is 10.5. The summed E-state index contributed by atoms with van der Waals surface area (Å²) >= 11 is 0. The maximum absolute atomic E-state index is 5.49. The number of guanidine groups is 1. The van der Waals surface area contributed by atoms with E-state index in [9.17, 15) is 0 Å². The van der Waals surface area contributed by atoms with Crippen LogP contribution in [0.3, 0.4) is 0 Å². The Morgan fingerprint density at radius 3 is 2.78 bits per heavy atom. The van der Waals surface area contributed by atoms with Crippen molar-refractivity contribution < 1.29 is 4.74 Å². The fraction of sp³-hybridized carbons (Fsp3) is 0.591. The summed E-state index contributed by atoms with van der Waals surface area (Å²) in [6.07, 6.45) is 8.76. The van der Waals surface area contributed by atoms with Gasteiger partial charge in [0.15, 0.2) is 5.96 Å². The molecule has 0 atom stereocenters. The number of aliphatic imine (C=N–C) groups is 1. The lowest BCUT2D eigenvalue weighted by Crippen LogP contribution is -2.38. The first-order chi connectivity index (χ1) is 13.4. The van der Waals surface area contributed by atoms with Gasteiger partial charge in [0.1, 0.15) is 0 Å². The van der Waals surface area contributed by atoms with Gasteiger partial charge in [-0.2, -0.15) is 0 Å². The lowest BCUT2D eigenvalue weighted by atomic mass is 9.97. The Kier molecular flexibility index (Phi) is 8.03. The highest BCUT2D eigenvalue weighted by Crippen LogP contribution is 2.22. The minimum Gasteiger partial charge on any atom is -0.378 e. The summed E-state index contributed by atoms with van der Waals surface area (Å²) in [6, 6.07) is 8.60. The number of ether oxygens (including phenoxy) is 1. The fourth-order valence-corrected chi connectivity index (χ4v) is 3.74. The van der Waals surface area contributed by atoms with Gasteiger partial charge >= 0.3 is 0 Å². The van der Waals surface area contributed by atoms with Gasteiger partial charge in [0.25, 0.3) is 0 Å². The van der Waals surface area contributed by atoms with Gasteiger partial charge in [-0.05, 0) is 50.7 Å². The summed E-state index contributed by atoms with van der Waals surface area (Å²) in [6.45, 7) is 8.13. The van der Waals surface area contributed by atoms with Crippen molar-refractivity contribution >= 4 is 11.6 Å². The predicted octanol–water partition coefficient (Wildman–Crippen LogP) is 3.47. The number of anilines is 1. The van der Waals surface area contributed by atoms with Crippen molar-refractivity contribution in [3.63, 3.8) is 0 Å². The average molecular weight is 371 g/mol. The summed E-state index contributed by atoms with van der Waals surface area (Å²) in [5, 5.41) is 6.88. The first-order valence-corrected chi connectivity index (χ1v) is 10.5. The second-order valence-electron chi connectivity index (χ2n) is 7.21. The molecular formula is C22H34N4O. The number of nitrogens with zero attached hydrogens (tertiary/aromatic N) is 2. The lowest BCUT2D eigenvalue weighted by Gasteiger charge is -2.30. The molecular weight excluding hydrogens is 336 g/mol. The van der Waals surface area contributed by atoms with Crippen molar-refractivity contribution in [1.82, 2.24) is 10.6 Å². The van der Waals surface area contributed by atoms with Crippen LogP contribution in [0.2, 0.25) is 0 Å². The minimum absolute atomic E-state index is 0.686. The molecule has 0 amide bonds. The number of morpholine rings is 1. The van der Waals surface area contributed by atoms with E-state index in [1.165, 1.54) is 36.9 Å². The zero-order valence-corrected chi connectivity index (χ0v) is 16.7. The number of rotatable bonds is 7. The molecule has 1 aliphatic heterocycles. The van der Waals surface area contributed by atoms with E-state index in [-0.39, 0.29) is 0 Å². The molecule has 1 saturated heterocycles. The van der Waals surface area contributed by atoms with Crippen LogP contribution in [-0.4, -0.2) is 45.4 Å². The zero-order valence-electron chi connectivity index (χ0n) is 16.7. The Labute approximate surface area is 163 Å². The van der Waals surface area contributed by atoms with Gasteiger partial charge in [-0.3, -0.25) is 0 Å². The quantitative estimate of drug-likeness (QED) is 0.438. The second-order valence-corrected chi connectivity index (χ2v) is 7.21. The van der Waals surface area contributed by atoms with E-state index in [1.807, 2.05) is 0 Å². The highest BCUT2D eigenvalue weighted by atomic mass is 16.5. The van der Waals surface area contributed by atoms with Crippen LogP contribution < -0.4 is 15.5 Å². The largest absolute Gasteiger partial charge is 0.378 e. The van der Waals surface area contributed by atoms with Crippen LogP contribution in [0, 0.1) is 0 Å². The molecule has 148 valence electrons. The van der Waals surface area contributed by atoms with Crippen LogP contribution >= 0.6 is 0 Å². The molecule has 0 spiro atoms. The van der Waals surface area contributed by atoms with Crippen molar-refractivity contribution in [3.05, 3.63) is 41.5 Å². The molecule has 2 aliphatic rings. The molecule has 1 aromatic rings. The third-order valence-corrected chi connectivity index (χ3v) is 5.22. The number of benzene rings is 1. The molecule has 2 N–H and O–H groups in total. The van der Waals surface area contributed by atoms with Gasteiger partial charge in [0.2, 0.25) is 0 Å². The standard InChI is InChI=1S/C22H34N4O/c1-2-23-22(24-13-12-19-8-4-3-5-9-19)25-18-20-10-6-7-11-21(20)26-14-16-27-17-15-26/h6-8,10-11H,2-5,9,12-18H2,1H3,(H2,23,24,25). The van der Waals surface area contributed by atoms with E-state index < -0.39 is 0 Å². The summed E-state index contributed by atoms with van der Waals surface area (Å²) in [5.74, 6) is 0.908. The number of allylic oxidation sites excluding steroid dienone is 1. The molecule has 1 aromatic carbocycles. The average Bonchev–Trinajstić information content (AvgIpc) is 2.74. The van der Waals surface area contributed by atoms with Crippen LogP contribution in [-0.2, 0) is 11.3 Å². The molecule has 0 bridgehead atoms. The monoisotopic (exact) mass is 370 g/mol. The Hall–Kier alpha value is -2.01. The number of hydrogen-bond donors (Lipinski definition) is 2. The topological polar surface area (TPSA) is 48.9 Å². The van der Waals surface area contributed by atoms with Crippen molar-refractivity contribution in [1.29, 1.82) is 0 Å². The minimum atomic E-state index is 0.686. The molecule has 0 aromatic heterocycles. The van der Waals surface area contributed by atoms with Gasteiger partial charge in [-0.15, -0.1) is 0 Å². The SMILES string of the molecule is CCNC(=NCc1ccccc1N1CCOCC1)NCCC1=CCCCC1. The van der Waals surface area contributed by atoms with Crippen LogP contribution in [0.4, 0.5) is 5.69 Å².